The van der Waals surface area contributed by atoms with Gasteiger partial charge in [-0.1, -0.05) is 18.2 Å². The fourth-order valence-corrected chi connectivity index (χ4v) is 2.69. The van der Waals surface area contributed by atoms with Gasteiger partial charge in [-0.15, -0.1) is 0 Å². The number of anilines is 2. The van der Waals surface area contributed by atoms with Gasteiger partial charge in [-0.2, -0.15) is 0 Å². The molecular formula is C18H22N4O2. The molecule has 0 radical (unpaired) electrons. The van der Waals surface area contributed by atoms with E-state index in [9.17, 15) is 4.79 Å². The maximum atomic E-state index is 12.1. The van der Waals surface area contributed by atoms with E-state index in [0.717, 1.165) is 31.7 Å². The number of carbonyl (C=O) groups is 1. The van der Waals surface area contributed by atoms with E-state index in [1.165, 1.54) is 18.8 Å². The highest BCUT2D eigenvalue weighted by molar-refractivity contribution is 5.93. The first-order valence-electron chi connectivity index (χ1n) is 8.31. The van der Waals surface area contributed by atoms with Crippen LogP contribution in [0.5, 0.6) is 0 Å². The van der Waals surface area contributed by atoms with Crippen molar-refractivity contribution in [3.8, 4) is 0 Å². The van der Waals surface area contributed by atoms with Gasteiger partial charge < -0.3 is 15.4 Å². The molecule has 3 rings (SSSR count). The first-order valence-corrected chi connectivity index (χ1v) is 8.31. The Morgan fingerprint density at radius 3 is 2.71 bits per heavy atom. The summed E-state index contributed by atoms with van der Waals surface area (Å²) in [5.41, 5.74) is 1.37. The van der Waals surface area contributed by atoms with Crippen molar-refractivity contribution >= 4 is 17.5 Å². The van der Waals surface area contributed by atoms with Gasteiger partial charge in [0.1, 0.15) is 0 Å². The molecule has 2 heterocycles. The van der Waals surface area contributed by atoms with Gasteiger partial charge >= 0.3 is 0 Å². The number of aromatic nitrogens is 2. The lowest BCUT2D eigenvalue weighted by atomic mass is 9.99. The highest BCUT2D eigenvalue weighted by atomic mass is 16.5. The van der Waals surface area contributed by atoms with E-state index in [1.807, 2.05) is 30.3 Å². The standard InChI is InChI=1S/C18H22N4O2/c23-17(19-9-8-14-5-4-10-24-13-14)15-11-20-18(21-12-15)22-16-6-2-1-3-7-16/h1-3,6-7,11-12,14H,4-5,8-10,13H2,(H,19,23)(H,20,21,22)/t14-/m0/s1. The van der Waals surface area contributed by atoms with Gasteiger partial charge in [0.25, 0.3) is 5.91 Å². The molecule has 0 bridgehead atoms. The second-order valence-electron chi connectivity index (χ2n) is 5.91. The molecule has 1 aliphatic heterocycles. The summed E-state index contributed by atoms with van der Waals surface area (Å²) in [5, 5.41) is 6.01. The van der Waals surface area contributed by atoms with E-state index in [1.54, 1.807) is 0 Å². The fourth-order valence-electron chi connectivity index (χ4n) is 2.69. The van der Waals surface area contributed by atoms with Crippen molar-refractivity contribution in [1.29, 1.82) is 0 Å². The van der Waals surface area contributed by atoms with Crippen LogP contribution in [0.1, 0.15) is 29.6 Å². The molecule has 0 unspecified atom stereocenters. The summed E-state index contributed by atoms with van der Waals surface area (Å²) in [7, 11) is 0. The van der Waals surface area contributed by atoms with E-state index < -0.39 is 0 Å². The van der Waals surface area contributed by atoms with Gasteiger partial charge in [-0.25, -0.2) is 9.97 Å². The summed E-state index contributed by atoms with van der Waals surface area (Å²) < 4.78 is 5.45. The number of ether oxygens (including phenoxy) is 1. The lowest BCUT2D eigenvalue weighted by Crippen LogP contribution is -2.28. The van der Waals surface area contributed by atoms with Crippen LogP contribution in [0.3, 0.4) is 0 Å². The number of nitrogens with one attached hydrogen (secondary N) is 2. The molecule has 2 aromatic rings. The molecule has 0 aliphatic carbocycles. The fraction of sp³-hybridized carbons (Fsp3) is 0.389. The number of carbonyl (C=O) groups excluding carboxylic acids is 1. The molecule has 24 heavy (non-hydrogen) atoms. The molecule has 126 valence electrons. The van der Waals surface area contributed by atoms with Gasteiger partial charge in [0.05, 0.1) is 5.56 Å². The first-order chi connectivity index (χ1) is 11.8. The summed E-state index contributed by atoms with van der Waals surface area (Å²) in [5.74, 6) is 0.878. The zero-order chi connectivity index (χ0) is 16.6. The van der Waals surface area contributed by atoms with E-state index in [-0.39, 0.29) is 5.91 Å². The van der Waals surface area contributed by atoms with Gasteiger partial charge in [0.15, 0.2) is 0 Å². The lowest BCUT2D eigenvalue weighted by molar-refractivity contribution is 0.0514. The Morgan fingerprint density at radius 1 is 1.21 bits per heavy atom. The average Bonchev–Trinajstić information content (AvgIpc) is 2.64. The minimum atomic E-state index is -0.141. The van der Waals surface area contributed by atoms with Crippen LogP contribution >= 0.6 is 0 Å². The zero-order valence-electron chi connectivity index (χ0n) is 13.6. The second-order valence-corrected chi connectivity index (χ2v) is 5.91. The first kappa shape index (κ1) is 16.4. The van der Waals surface area contributed by atoms with E-state index in [2.05, 4.69) is 20.6 Å². The number of rotatable bonds is 6. The third-order valence-electron chi connectivity index (χ3n) is 4.04. The van der Waals surface area contributed by atoms with Gasteiger partial charge in [0, 0.05) is 37.8 Å². The van der Waals surface area contributed by atoms with E-state index in [4.69, 9.17) is 4.74 Å². The van der Waals surface area contributed by atoms with Gasteiger partial charge in [-0.3, -0.25) is 4.79 Å². The Hall–Kier alpha value is -2.47. The normalized spacial score (nSPS) is 17.2. The molecule has 1 aliphatic rings. The highest BCUT2D eigenvalue weighted by Crippen LogP contribution is 2.16. The summed E-state index contributed by atoms with van der Waals surface area (Å²) in [6, 6.07) is 9.67. The topological polar surface area (TPSA) is 76.1 Å². The van der Waals surface area contributed by atoms with Crippen molar-refractivity contribution in [2.75, 3.05) is 25.1 Å². The molecule has 6 nitrogen and oxygen atoms in total. The molecule has 0 spiro atoms. The Balaban J connectivity index is 1.46. The maximum absolute atomic E-state index is 12.1. The zero-order valence-corrected chi connectivity index (χ0v) is 13.6. The lowest BCUT2D eigenvalue weighted by Gasteiger charge is -2.21. The molecule has 1 saturated heterocycles. The van der Waals surface area contributed by atoms with Crippen molar-refractivity contribution in [3.05, 3.63) is 48.3 Å². The van der Waals surface area contributed by atoms with Crippen molar-refractivity contribution in [2.45, 2.75) is 19.3 Å². The highest BCUT2D eigenvalue weighted by Gasteiger charge is 2.14. The van der Waals surface area contributed by atoms with Gasteiger partial charge in [-0.05, 0) is 37.3 Å². The van der Waals surface area contributed by atoms with Crippen LogP contribution in [0.15, 0.2) is 42.7 Å². The number of benzene rings is 1. The molecule has 1 amide bonds. The summed E-state index contributed by atoms with van der Waals surface area (Å²) in [4.78, 5) is 20.5. The van der Waals surface area contributed by atoms with Crippen molar-refractivity contribution in [3.63, 3.8) is 0 Å². The Morgan fingerprint density at radius 2 is 2.00 bits per heavy atom. The average molecular weight is 326 g/mol. The van der Waals surface area contributed by atoms with Crippen LogP contribution in [0.2, 0.25) is 0 Å². The quantitative estimate of drug-likeness (QED) is 0.853. The Bertz CT molecular complexity index is 640. The molecule has 1 aromatic heterocycles. The number of nitrogens with zero attached hydrogens (tertiary/aromatic N) is 2. The smallest absolute Gasteiger partial charge is 0.254 e. The molecule has 0 saturated carbocycles. The molecule has 2 N–H and O–H groups in total. The number of hydrogen-bond donors (Lipinski definition) is 2. The minimum Gasteiger partial charge on any atom is -0.381 e. The number of hydrogen-bond acceptors (Lipinski definition) is 5. The van der Waals surface area contributed by atoms with E-state index >= 15 is 0 Å². The predicted octanol–water partition coefficient (Wildman–Crippen LogP) is 2.77. The van der Waals surface area contributed by atoms with Gasteiger partial charge in [0.2, 0.25) is 5.95 Å². The van der Waals surface area contributed by atoms with Crippen LogP contribution < -0.4 is 10.6 Å². The summed E-state index contributed by atoms with van der Waals surface area (Å²) >= 11 is 0. The van der Waals surface area contributed by atoms with Crippen LogP contribution in [-0.4, -0.2) is 35.6 Å². The second kappa shape index (κ2) is 8.40. The van der Waals surface area contributed by atoms with E-state index in [0.29, 0.717) is 24.0 Å². The van der Waals surface area contributed by atoms with Crippen LogP contribution in [0, 0.1) is 5.92 Å². The van der Waals surface area contributed by atoms with Crippen LogP contribution in [-0.2, 0) is 4.74 Å². The van der Waals surface area contributed by atoms with Crippen LogP contribution in [0.25, 0.3) is 0 Å². The summed E-state index contributed by atoms with van der Waals surface area (Å²) in [6.07, 6.45) is 6.32. The minimum absolute atomic E-state index is 0.141. The molecule has 1 aromatic carbocycles. The predicted molar refractivity (Wildman–Crippen MR) is 92.2 cm³/mol. The molecule has 6 heteroatoms. The number of amides is 1. The maximum Gasteiger partial charge on any atom is 0.254 e. The monoisotopic (exact) mass is 326 g/mol. The van der Waals surface area contributed by atoms with Crippen molar-refractivity contribution < 1.29 is 9.53 Å². The SMILES string of the molecule is O=C(NCC[C@@H]1CCCOC1)c1cnc(Nc2ccccc2)nc1. The third kappa shape index (κ3) is 4.76. The van der Waals surface area contributed by atoms with Crippen molar-refractivity contribution in [2.24, 2.45) is 5.92 Å². The number of para-hydroxylation sites is 1. The molecular weight excluding hydrogens is 304 g/mol. The Kier molecular flexibility index (Phi) is 5.74. The third-order valence-corrected chi connectivity index (χ3v) is 4.04. The molecule has 1 fully saturated rings. The van der Waals surface area contributed by atoms with Crippen molar-refractivity contribution in [1.82, 2.24) is 15.3 Å². The molecule has 1 atom stereocenters. The largest absolute Gasteiger partial charge is 0.381 e. The van der Waals surface area contributed by atoms with Crippen LogP contribution in [0.4, 0.5) is 11.6 Å². The Labute approximate surface area is 141 Å². The summed E-state index contributed by atoms with van der Waals surface area (Å²) in [6.45, 7) is 2.32.